The number of hydrogen-bond acceptors (Lipinski definition) is 2. The maximum atomic E-state index is 9.48. The fourth-order valence-corrected chi connectivity index (χ4v) is 6.08. The largest absolute Gasteiger partial charge is 0.351 e. The predicted octanol–water partition coefficient (Wildman–Crippen LogP) is 6.53. The fourth-order valence-electron chi connectivity index (χ4n) is 6.08. The molecule has 3 N–H and O–H groups in total. The molecule has 0 spiro atoms. The minimum Gasteiger partial charge on any atom is -0.351 e. The van der Waals surface area contributed by atoms with Gasteiger partial charge < -0.3 is 5.73 Å². The Hall–Kier alpha value is -1.06. The molecule has 0 saturated heterocycles. The second-order valence-electron chi connectivity index (χ2n) is 10.8. The third-order valence-electron chi connectivity index (χ3n) is 6.08. The second-order valence-corrected chi connectivity index (χ2v) is 10.8. The molecule has 166 valence electrons. The quantitative estimate of drug-likeness (QED) is 0.435. The Balaban J connectivity index is 0.00000105. The van der Waals surface area contributed by atoms with Gasteiger partial charge in [-0.15, -0.1) is 0 Å². The van der Waals surface area contributed by atoms with Crippen molar-refractivity contribution in [1.82, 2.24) is 5.32 Å². The van der Waals surface area contributed by atoms with Crippen LogP contribution in [0.15, 0.2) is 0 Å². The number of hydrogen-bond donors (Lipinski definition) is 2. The summed E-state index contributed by atoms with van der Waals surface area (Å²) in [4.78, 5) is 18.7. The molecule has 0 aromatic carbocycles. The third-order valence-corrected chi connectivity index (χ3v) is 6.08. The Labute approximate surface area is 174 Å². The monoisotopic (exact) mass is 396 g/mol. The van der Waals surface area contributed by atoms with Crippen LogP contribution in [0.2, 0.25) is 0 Å². The highest BCUT2D eigenvalue weighted by Crippen LogP contribution is 2.62. The van der Waals surface area contributed by atoms with Gasteiger partial charge in [0.15, 0.2) is 0 Å². The van der Waals surface area contributed by atoms with Crippen molar-refractivity contribution in [3.05, 3.63) is 0 Å². The van der Waals surface area contributed by atoms with Crippen molar-refractivity contribution >= 4 is 12.4 Å². The molecule has 0 aliphatic heterocycles. The number of urea groups is 1. The van der Waals surface area contributed by atoms with E-state index < -0.39 is 6.03 Å². The van der Waals surface area contributed by atoms with E-state index in [0.29, 0.717) is 10.8 Å². The number of nitrogens with two attached hydrogens (primary N) is 1. The van der Waals surface area contributed by atoms with E-state index in [1.807, 2.05) is 0 Å². The van der Waals surface area contributed by atoms with Crippen LogP contribution >= 0.6 is 0 Å². The summed E-state index contributed by atoms with van der Waals surface area (Å²) >= 11 is 0. The highest BCUT2D eigenvalue weighted by atomic mass is 16.2. The van der Waals surface area contributed by atoms with Gasteiger partial charge in [0, 0.05) is 0 Å². The molecule has 0 aromatic heterocycles. The standard InChI is InChI=1S/C22H44.C2H4N2O2/c1-17(2)13-21(14-18(3)4)11-9-10-12-22(21,15-19(5)6)16-20(7)8;3-2(6)4-1-5/h17-20H,9-16H2,1-8H3;1H,(H3,3,4,5,6). The lowest BCUT2D eigenvalue weighted by Gasteiger charge is -2.58. The van der Waals surface area contributed by atoms with Gasteiger partial charge in [-0.1, -0.05) is 68.2 Å². The Morgan fingerprint density at radius 1 is 0.786 bits per heavy atom. The topological polar surface area (TPSA) is 72.2 Å². The van der Waals surface area contributed by atoms with Gasteiger partial charge >= 0.3 is 6.03 Å². The van der Waals surface area contributed by atoms with Crippen LogP contribution in [0.1, 0.15) is 107 Å². The van der Waals surface area contributed by atoms with Gasteiger partial charge in [0.05, 0.1) is 0 Å². The molecule has 0 heterocycles. The Bertz CT molecular complexity index is 404. The van der Waals surface area contributed by atoms with E-state index in [1.165, 1.54) is 51.4 Å². The summed E-state index contributed by atoms with van der Waals surface area (Å²) in [6.07, 6.45) is 11.9. The molecule has 0 aromatic rings. The molecule has 0 unspecified atom stereocenters. The molecule has 28 heavy (non-hydrogen) atoms. The fraction of sp³-hybridized carbons (Fsp3) is 0.917. The van der Waals surface area contributed by atoms with Gasteiger partial charge in [0.1, 0.15) is 0 Å². The summed E-state index contributed by atoms with van der Waals surface area (Å²) < 4.78 is 0. The Kier molecular flexibility index (Phi) is 12.0. The Morgan fingerprint density at radius 3 is 1.21 bits per heavy atom. The summed E-state index contributed by atoms with van der Waals surface area (Å²) in [5.74, 6) is 3.32. The van der Waals surface area contributed by atoms with Crippen LogP contribution in [-0.4, -0.2) is 12.4 Å². The van der Waals surface area contributed by atoms with Gasteiger partial charge in [0.25, 0.3) is 0 Å². The Morgan fingerprint density at radius 2 is 1.07 bits per heavy atom. The van der Waals surface area contributed by atoms with Crippen molar-refractivity contribution in [3.8, 4) is 0 Å². The van der Waals surface area contributed by atoms with Crippen LogP contribution in [0, 0.1) is 34.5 Å². The molecular formula is C24H48N2O2. The van der Waals surface area contributed by atoms with Crippen molar-refractivity contribution in [2.45, 2.75) is 107 Å². The smallest absolute Gasteiger partial charge is 0.318 e. The van der Waals surface area contributed by atoms with Gasteiger partial charge in [-0.3, -0.25) is 10.1 Å². The first-order chi connectivity index (χ1) is 12.9. The van der Waals surface area contributed by atoms with E-state index in [9.17, 15) is 9.59 Å². The highest BCUT2D eigenvalue weighted by Gasteiger charge is 2.52. The SMILES string of the molecule is CC(C)CC1(CC(C)C)CCCCC1(CC(C)C)CC(C)C.NC(=O)NC=O. The number of nitrogens with one attached hydrogen (secondary N) is 1. The van der Waals surface area contributed by atoms with Crippen molar-refractivity contribution in [3.63, 3.8) is 0 Å². The average Bonchev–Trinajstić information content (AvgIpc) is 2.48. The molecule has 1 aliphatic rings. The van der Waals surface area contributed by atoms with E-state index in [4.69, 9.17) is 0 Å². The van der Waals surface area contributed by atoms with Crippen LogP contribution in [0.5, 0.6) is 0 Å². The number of imide groups is 1. The molecule has 4 nitrogen and oxygen atoms in total. The number of amides is 3. The van der Waals surface area contributed by atoms with E-state index >= 15 is 0 Å². The highest BCUT2D eigenvalue weighted by molar-refractivity contribution is 5.82. The van der Waals surface area contributed by atoms with Crippen LogP contribution in [0.4, 0.5) is 4.79 Å². The average molecular weight is 397 g/mol. The third kappa shape index (κ3) is 8.96. The normalized spacial score (nSPS) is 18.1. The van der Waals surface area contributed by atoms with Crippen molar-refractivity contribution in [2.24, 2.45) is 40.2 Å². The number of primary amides is 1. The summed E-state index contributed by atoms with van der Waals surface area (Å²) in [7, 11) is 0. The first kappa shape index (κ1) is 26.9. The minimum atomic E-state index is -0.829. The number of carbonyl (C=O) groups excluding carboxylic acids is 2. The van der Waals surface area contributed by atoms with Crippen LogP contribution in [-0.2, 0) is 4.79 Å². The lowest BCUT2D eigenvalue weighted by atomic mass is 9.47. The zero-order valence-corrected chi connectivity index (χ0v) is 19.9. The number of rotatable bonds is 9. The van der Waals surface area contributed by atoms with Gasteiger partial charge in [-0.2, -0.15) is 0 Å². The summed E-state index contributed by atoms with van der Waals surface area (Å²) in [5.41, 5.74) is 5.62. The first-order valence-corrected chi connectivity index (χ1v) is 11.4. The van der Waals surface area contributed by atoms with E-state index in [2.05, 4.69) is 61.1 Å². The second kappa shape index (κ2) is 12.5. The molecule has 4 heteroatoms. The summed E-state index contributed by atoms with van der Waals surface area (Å²) in [5, 5.41) is 1.67. The molecule has 3 amide bonds. The number of carbonyl (C=O) groups is 2. The summed E-state index contributed by atoms with van der Waals surface area (Å²) in [6.45, 7) is 19.6. The molecular weight excluding hydrogens is 348 g/mol. The van der Waals surface area contributed by atoms with Gasteiger partial charge in [-0.25, -0.2) is 4.79 Å². The maximum Gasteiger partial charge on any atom is 0.318 e. The molecule has 1 aliphatic carbocycles. The molecule has 0 bridgehead atoms. The molecule has 1 saturated carbocycles. The molecule has 1 fully saturated rings. The van der Waals surface area contributed by atoms with Crippen molar-refractivity contribution < 1.29 is 9.59 Å². The van der Waals surface area contributed by atoms with Crippen molar-refractivity contribution in [2.75, 3.05) is 0 Å². The van der Waals surface area contributed by atoms with Gasteiger partial charge in [-0.05, 0) is 73.0 Å². The van der Waals surface area contributed by atoms with E-state index in [1.54, 1.807) is 5.32 Å². The van der Waals surface area contributed by atoms with Gasteiger partial charge in [0.2, 0.25) is 6.41 Å². The lowest BCUT2D eigenvalue weighted by Crippen LogP contribution is -2.48. The molecule has 1 rings (SSSR count). The van der Waals surface area contributed by atoms with E-state index in [0.717, 1.165) is 23.7 Å². The van der Waals surface area contributed by atoms with Crippen LogP contribution in [0.25, 0.3) is 0 Å². The summed E-state index contributed by atoms with van der Waals surface area (Å²) in [6, 6.07) is -0.829. The minimum absolute atomic E-state index is 0.225. The molecule has 0 atom stereocenters. The van der Waals surface area contributed by atoms with Crippen LogP contribution < -0.4 is 11.1 Å². The maximum absolute atomic E-state index is 9.48. The van der Waals surface area contributed by atoms with E-state index in [-0.39, 0.29) is 6.41 Å². The van der Waals surface area contributed by atoms with Crippen LogP contribution in [0.3, 0.4) is 0 Å². The zero-order valence-electron chi connectivity index (χ0n) is 19.9. The molecule has 0 radical (unpaired) electrons. The lowest BCUT2D eigenvalue weighted by molar-refractivity contribution is -0.108. The zero-order chi connectivity index (χ0) is 22.0. The first-order valence-electron chi connectivity index (χ1n) is 11.4. The predicted molar refractivity (Wildman–Crippen MR) is 120 cm³/mol. The van der Waals surface area contributed by atoms with Crippen molar-refractivity contribution in [1.29, 1.82) is 0 Å².